The Bertz CT molecular complexity index is 737. The van der Waals surface area contributed by atoms with Gasteiger partial charge in [0.05, 0.1) is 12.8 Å². The monoisotopic (exact) mass is 269 g/mol. The Labute approximate surface area is 116 Å². The minimum Gasteiger partial charge on any atom is -0.495 e. The Hall–Kier alpha value is -2.63. The molecular weight excluding hydrogens is 254 g/mol. The van der Waals surface area contributed by atoms with Crippen molar-refractivity contribution in [3.8, 4) is 5.75 Å². The molecule has 0 amide bonds. The highest BCUT2D eigenvalue weighted by Crippen LogP contribution is 2.27. The lowest BCUT2D eigenvalue weighted by atomic mass is 10.2. The van der Waals surface area contributed by atoms with Gasteiger partial charge in [-0.05, 0) is 18.6 Å². The molecule has 0 saturated heterocycles. The normalized spacial score (nSPS) is 10.7. The summed E-state index contributed by atoms with van der Waals surface area (Å²) in [5, 5.41) is 7.51. The van der Waals surface area contributed by atoms with Gasteiger partial charge in [-0.25, -0.2) is 4.98 Å². The van der Waals surface area contributed by atoms with Gasteiger partial charge in [0.15, 0.2) is 0 Å². The van der Waals surface area contributed by atoms with Crippen molar-refractivity contribution in [2.75, 3.05) is 12.4 Å². The van der Waals surface area contributed by atoms with Gasteiger partial charge < -0.3 is 10.1 Å². The fraction of sp³-hybridized carbons (Fsp3) is 0.214. The highest BCUT2D eigenvalue weighted by atomic mass is 16.5. The van der Waals surface area contributed by atoms with Crippen molar-refractivity contribution in [3.63, 3.8) is 0 Å². The van der Waals surface area contributed by atoms with E-state index in [1.54, 1.807) is 11.6 Å². The number of ether oxygens (including phenoxy) is 1. The van der Waals surface area contributed by atoms with Crippen molar-refractivity contribution < 1.29 is 4.74 Å². The number of aryl methyl sites for hydroxylation is 1. The first kappa shape index (κ1) is 12.4. The van der Waals surface area contributed by atoms with Gasteiger partial charge >= 0.3 is 0 Å². The predicted molar refractivity (Wildman–Crippen MR) is 76.4 cm³/mol. The molecule has 0 aliphatic heterocycles. The second kappa shape index (κ2) is 5.16. The van der Waals surface area contributed by atoms with E-state index in [4.69, 9.17) is 4.74 Å². The molecule has 2 heterocycles. The number of para-hydroxylation sites is 2. The Kier molecular flexibility index (Phi) is 3.20. The number of benzene rings is 1. The van der Waals surface area contributed by atoms with Gasteiger partial charge in [0.1, 0.15) is 17.9 Å². The molecule has 20 heavy (non-hydrogen) atoms. The third-order valence-corrected chi connectivity index (χ3v) is 3.04. The van der Waals surface area contributed by atoms with Crippen LogP contribution in [0.2, 0.25) is 0 Å². The van der Waals surface area contributed by atoms with Crippen LogP contribution in [0, 0.1) is 0 Å². The molecule has 3 aromatic rings. The lowest BCUT2D eigenvalue weighted by Crippen LogP contribution is -2.04. The Morgan fingerprint density at radius 3 is 2.95 bits per heavy atom. The average Bonchev–Trinajstić information content (AvgIpc) is 2.96. The number of hydrogen-bond acceptors (Lipinski definition) is 5. The molecular formula is C14H15N5O. The quantitative estimate of drug-likeness (QED) is 0.788. The number of hydrogen-bond donors (Lipinski definition) is 1. The van der Waals surface area contributed by atoms with Crippen LogP contribution in [0.1, 0.15) is 12.6 Å². The van der Waals surface area contributed by atoms with Crippen molar-refractivity contribution in [3.05, 3.63) is 42.4 Å². The summed E-state index contributed by atoms with van der Waals surface area (Å²) in [6.07, 6.45) is 2.33. The van der Waals surface area contributed by atoms with Crippen LogP contribution in [-0.2, 0) is 6.42 Å². The standard InChI is InChI=1S/C14H15N5O/c1-3-10-8-13(19-14(17-10)15-9-16-19)18-11-6-4-5-7-12(11)20-2/h4-9,18H,3H2,1-2H3. The number of fused-ring (bicyclic) bond motifs is 1. The molecule has 102 valence electrons. The molecule has 6 heteroatoms. The summed E-state index contributed by atoms with van der Waals surface area (Å²) < 4.78 is 7.02. The van der Waals surface area contributed by atoms with E-state index in [9.17, 15) is 0 Å². The Balaban J connectivity index is 2.07. The molecule has 1 aromatic carbocycles. The highest BCUT2D eigenvalue weighted by molar-refractivity contribution is 5.65. The lowest BCUT2D eigenvalue weighted by molar-refractivity contribution is 0.417. The molecule has 0 atom stereocenters. The van der Waals surface area contributed by atoms with Crippen LogP contribution >= 0.6 is 0 Å². The molecule has 2 aromatic heterocycles. The van der Waals surface area contributed by atoms with Crippen LogP contribution in [-0.4, -0.2) is 26.7 Å². The average molecular weight is 269 g/mol. The summed E-state index contributed by atoms with van der Waals surface area (Å²) in [6, 6.07) is 9.70. The summed E-state index contributed by atoms with van der Waals surface area (Å²) in [7, 11) is 1.65. The molecule has 0 spiro atoms. The maximum atomic E-state index is 5.34. The van der Waals surface area contributed by atoms with Crippen LogP contribution in [0.25, 0.3) is 5.78 Å². The van der Waals surface area contributed by atoms with Crippen LogP contribution in [0.3, 0.4) is 0 Å². The number of aromatic nitrogens is 4. The Morgan fingerprint density at radius 2 is 2.15 bits per heavy atom. The van der Waals surface area contributed by atoms with Crippen LogP contribution in [0.4, 0.5) is 11.5 Å². The maximum Gasteiger partial charge on any atom is 0.254 e. The minimum atomic E-state index is 0.585. The predicted octanol–water partition coefficient (Wildman–Crippen LogP) is 2.44. The molecule has 3 rings (SSSR count). The Morgan fingerprint density at radius 1 is 1.30 bits per heavy atom. The molecule has 1 N–H and O–H groups in total. The van der Waals surface area contributed by atoms with Crippen molar-refractivity contribution in [1.82, 2.24) is 19.6 Å². The first-order valence-electron chi connectivity index (χ1n) is 6.41. The first-order chi connectivity index (χ1) is 9.81. The number of methoxy groups -OCH3 is 1. The highest BCUT2D eigenvalue weighted by Gasteiger charge is 2.09. The maximum absolute atomic E-state index is 5.34. The number of nitrogens with one attached hydrogen (secondary N) is 1. The lowest BCUT2D eigenvalue weighted by Gasteiger charge is -2.12. The van der Waals surface area contributed by atoms with E-state index in [0.717, 1.165) is 29.4 Å². The second-order valence-corrected chi connectivity index (χ2v) is 4.28. The van der Waals surface area contributed by atoms with Crippen molar-refractivity contribution in [1.29, 1.82) is 0 Å². The molecule has 0 radical (unpaired) electrons. The topological polar surface area (TPSA) is 64.3 Å². The van der Waals surface area contributed by atoms with Crippen LogP contribution in [0.15, 0.2) is 36.7 Å². The van der Waals surface area contributed by atoms with Crippen molar-refractivity contribution in [2.24, 2.45) is 0 Å². The molecule has 0 bridgehead atoms. The van der Waals surface area contributed by atoms with Gasteiger partial charge in [0.25, 0.3) is 5.78 Å². The summed E-state index contributed by atoms with van der Waals surface area (Å²) in [5.74, 6) is 2.17. The third-order valence-electron chi connectivity index (χ3n) is 3.04. The molecule has 0 saturated carbocycles. The van der Waals surface area contributed by atoms with Gasteiger partial charge in [-0.1, -0.05) is 19.1 Å². The van der Waals surface area contributed by atoms with E-state index in [0.29, 0.717) is 5.78 Å². The van der Waals surface area contributed by atoms with Gasteiger partial charge in [-0.2, -0.15) is 14.6 Å². The fourth-order valence-electron chi connectivity index (χ4n) is 2.02. The molecule has 0 fully saturated rings. The van der Waals surface area contributed by atoms with Crippen molar-refractivity contribution >= 4 is 17.3 Å². The first-order valence-corrected chi connectivity index (χ1v) is 6.41. The zero-order chi connectivity index (χ0) is 13.9. The zero-order valence-electron chi connectivity index (χ0n) is 11.4. The van der Waals surface area contributed by atoms with E-state index in [-0.39, 0.29) is 0 Å². The summed E-state index contributed by atoms with van der Waals surface area (Å²) in [6.45, 7) is 2.06. The van der Waals surface area contributed by atoms with Gasteiger partial charge in [-0.3, -0.25) is 0 Å². The number of anilines is 2. The molecule has 0 unspecified atom stereocenters. The smallest absolute Gasteiger partial charge is 0.254 e. The van der Waals surface area contributed by atoms with Gasteiger partial charge in [0.2, 0.25) is 0 Å². The second-order valence-electron chi connectivity index (χ2n) is 4.28. The van der Waals surface area contributed by atoms with Gasteiger partial charge in [0, 0.05) is 11.8 Å². The molecule has 0 aliphatic carbocycles. The molecule has 6 nitrogen and oxygen atoms in total. The van der Waals surface area contributed by atoms with Crippen molar-refractivity contribution in [2.45, 2.75) is 13.3 Å². The minimum absolute atomic E-state index is 0.585. The van der Waals surface area contributed by atoms with E-state index < -0.39 is 0 Å². The zero-order valence-corrected chi connectivity index (χ0v) is 11.4. The summed E-state index contributed by atoms with van der Waals surface area (Å²) in [5.41, 5.74) is 1.84. The summed E-state index contributed by atoms with van der Waals surface area (Å²) >= 11 is 0. The largest absolute Gasteiger partial charge is 0.495 e. The number of nitrogens with zero attached hydrogens (tertiary/aromatic N) is 4. The van der Waals surface area contributed by atoms with Crippen LogP contribution in [0.5, 0.6) is 5.75 Å². The SMILES string of the molecule is CCc1cc(Nc2ccccc2OC)n2ncnc2n1. The van der Waals surface area contributed by atoms with Gasteiger partial charge in [-0.15, -0.1) is 0 Å². The molecule has 0 aliphatic rings. The van der Waals surface area contributed by atoms with Crippen LogP contribution < -0.4 is 10.1 Å². The van der Waals surface area contributed by atoms with E-state index >= 15 is 0 Å². The third kappa shape index (κ3) is 2.16. The van der Waals surface area contributed by atoms with E-state index in [2.05, 4.69) is 27.3 Å². The van der Waals surface area contributed by atoms with E-state index in [1.807, 2.05) is 30.3 Å². The summed E-state index contributed by atoms with van der Waals surface area (Å²) in [4.78, 5) is 8.56. The fourth-order valence-corrected chi connectivity index (χ4v) is 2.02. The van der Waals surface area contributed by atoms with E-state index in [1.165, 1.54) is 6.33 Å². The number of rotatable bonds is 4.